The quantitative estimate of drug-likeness (QED) is 0.0530. The molecular weight excluding hydrogens is 1470 g/mol. The molecule has 12 rings (SSSR count). The Balaban J connectivity index is 0.000000182. The molecule has 0 bridgehead atoms. The fourth-order valence-electron chi connectivity index (χ4n) is 15.3. The number of ketones is 3. The second-order valence-corrected chi connectivity index (χ2v) is 31.9. The highest BCUT2D eigenvalue weighted by atomic mass is 16.5. The molecule has 8 amide bonds. The van der Waals surface area contributed by atoms with Crippen LogP contribution in [0.1, 0.15) is 147 Å². The minimum Gasteiger partial charge on any atom is -0.507 e. The molecule has 6 fully saturated rings. The van der Waals surface area contributed by atoms with E-state index in [0.29, 0.717) is 0 Å². The topological polar surface area (TPSA) is 423 Å². The van der Waals surface area contributed by atoms with E-state index in [1.54, 1.807) is 78.1 Å². The lowest BCUT2D eigenvalue weighted by atomic mass is 9.87. The van der Waals surface area contributed by atoms with Crippen molar-refractivity contribution in [1.29, 1.82) is 0 Å². The number of aliphatic hydroxyl groups excluding tert-OH is 3. The summed E-state index contributed by atoms with van der Waals surface area (Å²) in [6, 6.07) is 38.5. The second kappa shape index (κ2) is 39.3. The monoisotopic (exact) mass is 1580 g/mol. The van der Waals surface area contributed by atoms with Crippen molar-refractivity contribution >= 4 is 70.6 Å². The first-order valence-corrected chi connectivity index (χ1v) is 39.6. The van der Waals surface area contributed by atoms with E-state index in [0.717, 1.165) is 55.2 Å². The highest BCUT2D eigenvalue weighted by molar-refractivity contribution is 6.02. The zero-order chi connectivity index (χ0) is 83.1. The van der Waals surface area contributed by atoms with E-state index in [1.807, 2.05) is 91.0 Å². The normalized spacial score (nSPS) is 28.8. The van der Waals surface area contributed by atoms with Crippen LogP contribution in [0.5, 0.6) is 17.2 Å². The lowest BCUT2D eigenvalue weighted by Crippen LogP contribution is -2.59. The Morgan fingerprint density at radius 3 is 1.07 bits per heavy atom. The molecule has 27 nitrogen and oxygen atoms in total. The maximum Gasteiger partial charge on any atom is 0.312 e. The molecule has 115 heavy (non-hydrogen) atoms. The molecular formula is C88H106N8O19. The highest BCUT2D eigenvalue weighted by Gasteiger charge is 2.48. The summed E-state index contributed by atoms with van der Waals surface area (Å²) in [6.07, 6.45) is 0.570. The number of nitrogens with one attached hydrogen (secondary N) is 7. The van der Waals surface area contributed by atoms with Gasteiger partial charge in [0.1, 0.15) is 35.4 Å². The number of benzene rings is 6. The third kappa shape index (κ3) is 22.7. The Morgan fingerprint density at radius 1 is 0.391 bits per heavy atom. The molecule has 13 N–H and O–H groups in total. The second-order valence-electron chi connectivity index (χ2n) is 31.9. The van der Waals surface area contributed by atoms with E-state index in [4.69, 9.17) is 4.74 Å². The third-order valence-electron chi connectivity index (χ3n) is 22.8. The fourth-order valence-corrected chi connectivity index (χ4v) is 15.3. The van der Waals surface area contributed by atoms with Crippen LogP contribution in [0.2, 0.25) is 0 Å². The number of likely N-dealkylation sites (N-methyl/N-ethyl adjacent to an activating group) is 1. The van der Waals surface area contributed by atoms with Gasteiger partial charge in [-0.15, -0.1) is 0 Å². The number of hydrogen-bond donors (Lipinski definition) is 13. The van der Waals surface area contributed by atoms with Crippen LogP contribution in [0, 0.1) is 53.3 Å². The number of aromatic hydroxyl groups is 3. The summed E-state index contributed by atoms with van der Waals surface area (Å²) in [7, 11) is 1.60. The van der Waals surface area contributed by atoms with Crippen LogP contribution < -0.4 is 37.2 Å². The molecule has 3 aliphatic heterocycles. The number of esters is 1. The van der Waals surface area contributed by atoms with Gasteiger partial charge in [0, 0.05) is 32.2 Å². The average molecular weight is 1580 g/mol. The molecule has 6 aromatic carbocycles. The lowest BCUT2D eigenvalue weighted by molar-refractivity contribution is -0.164. The van der Waals surface area contributed by atoms with Crippen molar-refractivity contribution < 1.29 is 92.9 Å². The lowest BCUT2D eigenvalue weighted by Gasteiger charge is -2.36. The molecule has 3 saturated carbocycles. The molecule has 612 valence electrons. The standard InChI is InChI=1S/C30H37N3O6.C29H35N3O6.C29H34N2O7/c1-17-15-24(35)26(20-13-14-20)33(3)30(39)18(2)27(36)22(16-19-9-5-4-6-10-19)31-29(38)25(17)32-28(37)21-11-7-8-12-23(21)34;1-16-14-23(34)25(19-12-13-19)32-27(36)17(2)26(35)21(15-18-8-4-3-5-9-18)30-29(38)24(16)31-28(37)20-10-6-7-11-22(20)33;1-16-14-23(33)26(19-12-13-19)38-29(37)17(2)25(34)21(15-18-8-4-3-5-9-18)30-28(36)24(16)31-27(35)20-10-6-7-11-22(20)32/h4-12,17-18,20,22,25-27,34,36H,13-16H2,1-3H3,(H,31,38)(H,32,37);3-11,16-17,19,21,24-26,33,35H,12-15H2,1-2H3,(H,30,38)(H,31,37)(H,32,36);3-11,16-17,19,21,24-26,32,34H,12-15H2,1-2H3,(H,30,36)(H,31,35)/t17-,18+,22-,25-,26?,27-;16-,17+,21-,24-,25?,26-;16-,17+,21-,24-,25-,26?/m000/s1. The number of phenolic OH excluding ortho intramolecular Hbond substituents is 3. The largest absolute Gasteiger partial charge is 0.507 e. The molecule has 3 heterocycles. The number of hydrogen-bond acceptors (Lipinski definition) is 19. The van der Waals surface area contributed by atoms with Crippen LogP contribution in [0.4, 0.5) is 0 Å². The van der Waals surface area contributed by atoms with Crippen LogP contribution in [0.25, 0.3) is 0 Å². The number of amides is 8. The van der Waals surface area contributed by atoms with Gasteiger partial charge in [0.2, 0.25) is 29.5 Å². The van der Waals surface area contributed by atoms with Gasteiger partial charge in [-0.25, -0.2) is 0 Å². The van der Waals surface area contributed by atoms with Crippen molar-refractivity contribution in [3.63, 3.8) is 0 Å². The van der Waals surface area contributed by atoms with Crippen molar-refractivity contribution in [2.24, 2.45) is 53.3 Å². The number of cyclic esters (lactones) is 1. The van der Waals surface area contributed by atoms with Gasteiger partial charge < -0.3 is 77.5 Å². The molecule has 3 unspecified atom stereocenters. The van der Waals surface area contributed by atoms with Gasteiger partial charge in [-0.05, 0) is 147 Å². The number of rotatable bonds is 15. The molecule has 0 radical (unpaired) electrons. The molecule has 27 heteroatoms. The molecule has 6 aliphatic rings. The van der Waals surface area contributed by atoms with E-state index in [-0.39, 0.29) is 113 Å². The molecule has 0 aromatic heterocycles. The summed E-state index contributed by atoms with van der Waals surface area (Å²) in [4.78, 5) is 161. The Morgan fingerprint density at radius 2 is 0.713 bits per heavy atom. The minimum absolute atomic E-state index is 0.00237. The molecule has 18 atom stereocenters. The molecule has 3 saturated heterocycles. The first-order valence-electron chi connectivity index (χ1n) is 39.6. The minimum atomic E-state index is -1.31. The van der Waals surface area contributed by atoms with E-state index in [2.05, 4.69) is 37.2 Å². The van der Waals surface area contributed by atoms with Gasteiger partial charge in [0.25, 0.3) is 17.7 Å². The third-order valence-corrected chi connectivity index (χ3v) is 22.8. The van der Waals surface area contributed by atoms with Crippen LogP contribution in [0.15, 0.2) is 164 Å². The number of Topliss-reactive ketones (excluding diaryl/α,β-unsaturated/α-hetero) is 3. The van der Waals surface area contributed by atoms with Crippen molar-refractivity contribution in [2.45, 2.75) is 191 Å². The summed E-state index contributed by atoms with van der Waals surface area (Å²) in [6.45, 7) is 9.75. The number of carbonyl (C=O) groups is 12. The number of ether oxygens (including phenoxy) is 1. The number of para-hydroxylation sites is 3. The SMILES string of the molecule is C[C@H]1CC(=O)C(C2CC2)N(C)C(=O)[C@H](C)[C@H](O)[C@H](Cc2ccccc2)NC(=O)[C@H]1NC(=O)c1ccccc1O.C[C@H]1CC(=O)C(C2CC2)NC(=O)[C@H](C)[C@H](O)[C@H](Cc2ccccc2)NC(=O)[C@H]1NC(=O)c1ccccc1O.C[C@H]1CC(=O)C(C2CC2)OC(=O)[C@H](C)[C@H](O)[C@H](Cc2ccccc2)NC(=O)[C@H]1NC(=O)c1ccccc1O. The summed E-state index contributed by atoms with van der Waals surface area (Å²) in [5, 5.41) is 83.7. The van der Waals surface area contributed by atoms with Crippen LogP contribution in [-0.4, -0.2) is 186 Å². The van der Waals surface area contributed by atoms with Gasteiger partial charge in [-0.1, -0.05) is 162 Å². The number of phenols is 3. The van der Waals surface area contributed by atoms with Gasteiger partial charge in [-0.3, -0.25) is 57.5 Å². The Labute approximate surface area is 668 Å². The zero-order valence-electron chi connectivity index (χ0n) is 65.6. The number of carbonyl (C=O) groups excluding carboxylic acids is 12. The van der Waals surface area contributed by atoms with Gasteiger partial charge in [0.05, 0.1) is 83.0 Å². The highest BCUT2D eigenvalue weighted by Crippen LogP contribution is 2.40. The van der Waals surface area contributed by atoms with Gasteiger partial charge in [-0.2, -0.15) is 0 Å². The van der Waals surface area contributed by atoms with Crippen molar-refractivity contribution in [1.82, 2.24) is 42.1 Å². The maximum atomic E-state index is 13.7. The number of aliphatic hydroxyl groups is 3. The van der Waals surface area contributed by atoms with Crippen LogP contribution in [-0.2, 0) is 67.2 Å². The first kappa shape index (κ1) is 86.3. The van der Waals surface area contributed by atoms with Crippen LogP contribution in [0.3, 0.4) is 0 Å². The Bertz CT molecular complexity index is 4280. The average Bonchev–Trinajstić information content (AvgIpc) is 1.78. The van der Waals surface area contributed by atoms with E-state index in [9.17, 15) is 88.2 Å². The Kier molecular flexibility index (Phi) is 29.4. The predicted octanol–water partition coefficient (Wildman–Crippen LogP) is 5.93. The predicted molar refractivity (Wildman–Crippen MR) is 423 cm³/mol. The van der Waals surface area contributed by atoms with Crippen LogP contribution >= 0.6 is 0 Å². The molecule has 6 aromatic rings. The Hall–Kier alpha value is -11.2. The van der Waals surface area contributed by atoms with Gasteiger partial charge >= 0.3 is 5.97 Å². The first-order chi connectivity index (χ1) is 54.9. The molecule has 0 spiro atoms. The summed E-state index contributed by atoms with van der Waals surface area (Å²) < 4.78 is 5.64. The van der Waals surface area contributed by atoms with E-state index < -0.39 is 156 Å². The van der Waals surface area contributed by atoms with E-state index in [1.165, 1.54) is 48.2 Å². The molecule has 3 aliphatic carbocycles. The smallest absolute Gasteiger partial charge is 0.312 e. The van der Waals surface area contributed by atoms with Crippen molar-refractivity contribution in [3.05, 3.63) is 197 Å². The summed E-state index contributed by atoms with van der Waals surface area (Å²) in [5.74, 6) is -11.4. The van der Waals surface area contributed by atoms with Crippen molar-refractivity contribution in [3.8, 4) is 17.2 Å². The summed E-state index contributed by atoms with van der Waals surface area (Å²) >= 11 is 0. The fraction of sp³-hybridized carbons (Fsp3) is 0.455. The van der Waals surface area contributed by atoms with E-state index >= 15 is 0 Å². The van der Waals surface area contributed by atoms with Crippen molar-refractivity contribution in [2.75, 3.05) is 7.05 Å². The maximum absolute atomic E-state index is 13.7. The van der Waals surface area contributed by atoms with Gasteiger partial charge in [0.15, 0.2) is 23.5 Å². The number of nitrogens with zero attached hydrogens (tertiary/aromatic N) is 1. The summed E-state index contributed by atoms with van der Waals surface area (Å²) in [5.41, 5.74) is 2.54. The zero-order valence-corrected chi connectivity index (χ0v) is 65.6.